The smallest absolute Gasteiger partial charge is 0.189 e. The van der Waals surface area contributed by atoms with Gasteiger partial charge < -0.3 is 15.6 Å². The zero-order chi connectivity index (χ0) is 25.0. The van der Waals surface area contributed by atoms with Gasteiger partial charge in [0.05, 0.1) is 27.7 Å². The number of sulfone groups is 1. The Balaban J connectivity index is 1.52. The summed E-state index contributed by atoms with van der Waals surface area (Å²) >= 11 is 0. The Hall–Kier alpha value is -3.37. The molecule has 1 atom stereocenters. The van der Waals surface area contributed by atoms with E-state index in [0.717, 1.165) is 17.7 Å². The third-order valence-electron chi connectivity index (χ3n) is 5.82. The topological polar surface area (TPSA) is 124 Å². The van der Waals surface area contributed by atoms with Gasteiger partial charge in [0, 0.05) is 30.6 Å². The second kappa shape index (κ2) is 10.5. The molecule has 2 aromatic heterocycles. The number of nitrogen functional groups attached to an aromatic ring is 1. The van der Waals surface area contributed by atoms with E-state index >= 15 is 0 Å². The van der Waals surface area contributed by atoms with Crippen molar-refractivity contribution in [3.63, 3.8) is 0 Å². The van der Waals surface area contributed by atoms with Crippen molar-refractivity contribution in [1.29, 1.82) is 0 Å². The van der Waals surface area contributed by atoms with Gasteiger partial charge in [0.25, 0.3) is 0 Å². The van der Waals surface area contributed by atoms with Crippen molar-refractivity contribution in [2.75, 3.05) is 25.5 Å². The van der Waals surface area contributed by atoms with E-state index in [2.05, 4.69) is 26.5 Å². The van der Waals surface area contributed by atoms with Crippen LogP contribution < -0.4 is 11.1 Å². The van der Waals surface area contributed by atoms with Crippen molar-refractivity contribution in [2.24, 2.45) is 0 Å². The molecule has 0 amide bonds. The maximum absolute atomic E-state index is 12.4. The minimum absolute atomic E-state index is 0.0465. The number of hydrogen-bond acceptors (Lipinski definition) is 8. The molecule has 4 rings (SSSR count). The molecule has 3 aromatic rings. The fourth-order valence-corrected chi connectivity index (χ4v) is 4.76. The lowest BCUT2D eigenvalue weighted by Gasteiger charge is -2.14. The van der Waals surface area contributed by atoms with Gasteiger partial charge in [-0.05, 0) is 38.0 Å². The summed E-state index contributed by atoms with van der Waals surface area (Å²) in [5.74, 6) is 0.652. The third-order valence-corrected chi connectivity index (χ3v) is 7.99. The number of allylic oxidation sites excluding steroid dienone is 2. The molecule has 2 heterocycles. The quantitative estimate of drug-likeness (QED) is 0.424. The van der Waals surface area contributed by atoms with Crippen LogP contribution >= 0.6 is 0 Å². The first-order chi connectivity index (χ1) is 16.8. The number of nitrogens with two attached hydrogens (primary N) is 1. The standard InChI is InChI=1S/C25H28FN5O3S/c1-16(2)35(32,33)20-9-7-19(8-10-20)22-15-29-25(27)24(30-22)23-13-21(31-34-23)18-5-3-17(4-6-18)14-28-12-11-26/h3-5,7-10,13,15-16,18,28H,6,11-12,14H2,1-2H3,(H2,27,29). The third kappa shape index (κ3) is 5.49. The molecule has 1 aliphatic carbocycles. The van der Waals surface area contributed by atoms with Crippen molar-refractivity contribution in [3.05, 3.63) is 66.0 Å². The Bertz CT molecular complexity index is 1350. The van der Waals surface area contributed by atoms with E-state index in [4.69, 9.17) is 10.3 Å². The summed E-state index contributed by atoms with van der Waals surface area (Å²) < 4.78 is 42.6. The summed E-state index contributed by atoms with van der Waals surface area (Å²) in [4.78, 5) is 9.12. The highest BCUT2D eigenvalue weighted by Crippen LogP contribution is 2.32. The van der Waals surface area contributed by atoms with Crippen LogP contribution in [-0.4, -0.2) is 48.6 Å². The number of rotatable bonds is 9. The zero-order valence-electron chi connectivity index (χ0n) is 19.6. The number of alkyl halides is 1. The van der Waals surface area contributed by atoms with Crippen LogP contribution in [0.4, 0.5) is 10.2 Å². The molecule has 1 unspecified atom stereocenters. The SMILES string of the molecule is CC(C)S(=O)(=O)c1ccc(-c2cnc(N)c(-c3cc(C4C=CC(CNCCF)=CC4)no3)n2)cc1. The van der Waals surface area contributed by atoms with Crippen molar-refractivity contribution in [1.82, 2.24) is 20.4 Å². The van der Waals surface area contributed by atoms with Crippen molar-refractivity contribution in [2.45, 2.75) is 36.3 Å². The Morgan fingerprint density at radius 2 is 2.03 bits per heavy atom. The van der Waals surface area contributed by atoms with E-state index in [9.17, 15) is 12.8 Å². The van der Waals surface area contributed by atoms with Crippen LogP contribution in [0.15, 0.2) is 69.7 Å². The molecule has 0 fully saturated rings. The van der Waals surface area contributed by atoms with Crippen molar-refractivity contribution < 1.29 is 17.3 Å². The molecule has 0 saturated carbocycles. The van der Waals surface area contributed by atoms with Gasteiger partial charge in [-0.15, -0.1) is 0 Å². The van der Waals surface area contributed by atoms with E-state index in [0.29, 0.717) is 35.8 Å². The lowest BCUT2D eigenvalue weighted by Crippen LogP contribution is -2.19. The van der Waals surface area contributed by atoms with Gasteiger partial charge in [-0.25, -0.2) is 22.8 Å². The van der Waals surface area contributed by atoms with Gasteiger partial charge in [0.2, 0.25) is 0 Å². The van der Waals surface area contributed by atoms with Crippen LogP contribution in [0.25, 0.3) is 22.7 Å². The van der Waals surface area contributed by atoms with Crippen LogP contribution in [0, 0.1) is 0 Å². The second-order valence-electron chi connectivity index (χ2n) is 8.57. The molecule has 1 aliphatic rings. The molecule has 1 aromatic carbocycles. The molecule has 3 N–H and O–H groups in total. The van der Waals surface area contributed by atoms with Gasteiger partial charge in [-0.3, -0.25) is 0 Å². The highest BCUT2D eigenvalue weighted by Gasteiger charge is 2.21. The average Bonchev–Trinajstić information content (AvgIpc) is 3.35. The average molecular weight is 498 g/mol. The highest BCUT2D eigenvalue weighted by molar-refractivity contribution is 7.92. The number of nitrogens with zero attached hydrogens (tertiary/aromatic N) is 3. The van der Waals surface area contributed by atoms with E-state index in [1.54, 1.807) is 44.2 Å². The minimum Gasteiger partial charge on any atom is -0.382 e. The van der Waals surface area contributed by atoms with Crippen molar-refractivity contribution >= 4 is 15.7 Å². The van der Waals surface area contributed by atoms with Gasteiger partial charge in [0.1, 0.15) is 6.67 Å². The predicted octanol–water partition coefficient (Wildman–Crippen LogP) is 4.09. The number of aromatic nitrogens is 3. The van der Waals surface area contributed by atoms with E-state index < -0.39 is 15.1 Å². The maximum Gasteiger partial charge on any atom is 0.189 e. The Morgan fingerprint density at radius 3 is 2.69 bits per heavy atom. The number of anilines is 1. The largest absolute Gasteiger partial charge is 0.382 e. The van der Waals surface area contributed by atoms with Crippen LogP contribution in [0.2, 0.25) is 0 Å². The number of nitrogens with one attached hydrogen (secondary N) is 1. The van der Waals surface area contributed by atoms with E-state index in [1.807, 2.05) is 12.2 Å². The molecule has 0 spiro atoms. The number of benzene rings is 1. The molecule has 184 valence electrons. The summed E-state index contributed by atoms with van der Waals surface area (Å²) in [5, 5.41) is 6.74. The molecule has 0 bridgehead atoms. The first-order valence-corrected chi connectivity index (χ1v) is 12.9. The van der Waals surface area contributed by atoms with Crippen LogP contribution in [-0.2, 0) is 9.84 Å². The van der Waals surface area contributed by atoms with Gasteiger partial charge in [-0.2, -0.15) is 0 Å². The highest BCUT2D eigenvalue weighted by atomic mass is 32.2. The predicted molar refractivity (Wildman–Crippen MR) is 133 cm³/mol. The molecule has 0 aliphatic heterocycles. The van der Waals surface area contributed by atoms with Crippen LogP contribution in [0.1, 0.15) is 31.9 Å². The van der Waals surface area contributed by atoms with Gasteiger partial charge in [-0.1, -0.05) is 35.5 Å². The first kappa shape index (κ1) is 24.7. The molecule has 35 heavy (non-hydrogen) atoms. The Labute approximate surface area is 204 Å². The summed E-state index contributed by atoms with van der Waals surface area (Å²) in [7, 11) is -3.36. The molecule has 8 nitrogen and oxygen atoms in total. The normalized spacial score (nSPS) is 16.0. The second-order valence-corrected chi connectivity index (χ2v) is 11.1. The fourth-order valence-electron chi connectivity index (χ4n) is 3.70. The fraction of sp³-hybridized carbons (Fsp3) is 0.320. The minimum atomic E-state index is -3.36. The summed E-state index contributed by atoms with van der Waals surface area (Å²) in [6.45, 7) is 3.87. The summed E-state index contributed by atoms with van der Waals surface area (Å²) in [5.41, 5.74) is 9.54. The summed E-state index contributed by atoms with van der Waals surface area (Å²) in [6.07, 6.45) is 8.44. The maximum atomic E-state index is 12.4. The van der Waals surface area contributed by atoms with Gasteiger partial charge in [0.15, 0.2) is 27.1 Å². The molecule has 0 radical (unpaired) electrons. The van der Waals surface area contributed by atoms with E-state index in [1.165, 1.54) is 6.20 Å². The summed E-state index contributed by atoms with van der Waals surface area (Å²) in [6, 6.07) is 8.34. The molecule has 0 saturated heterocycles. The Morgan fingerprint density at radius 1 is 1.26 bits per heavy atom. The number of halogens is 1. The van der Waals surface area contributed by atoms with Crippen LogP contribution in [0.5, 0.6) is 0 Å². The van der Waals surface area contributed by atoms with Gasteiger partial charge >= 0.3 is 0 Å². The lowest BCUT2D eigenvalue weighted by molar-refractivity contribution is 0.419. The monoisotopic (exact) mass is 497 g/mol. The zero-order valence-corrected chi connectivity index (χ0v) is 20.4. The van der Waals surface area contributed by atoms with Crippen LogP contribution in [0.3, 0.4) is 0 Å². The first-order valence-electron chi connectivity index (χ1n) is 11.4. The molecular formula is C25H28FN5O3S. The molecule has 10 heteroatoms. The number of hydrogen-bond donors (Lipinski definition) is 2. The Kier molecular flexibility index (Phi) is 7.42. The van der Waals surface area contributed by atoms with E-state index in [-0.39, 0.29) is 23.3 Å². The van der Waals surface area contributed by atoms with Crippen molar-refractivity contribution in [3.8, 4) is 22.7 Å². The molecular weight excluding hydrogens is 469 g/mol. The lowest BCUT2D eigenvalue weighted by atomic mass is 9.93.